The second-order valence-corrected chi connectivity index (χ2v) is 2.83. The Kier molecular flexibility index (Phi) is 4.60. The first kappa shape index (κ1) is 9.88. The summed E-state index contributed by atoms with van der Waals surface area (Å²) in [5.41, 5.74) is -0.963. The lowest BCUT2D eigenvalue weighted by Crippen LogP contribution is -2.41. The van der Waals surface area contributed by atoms with Crippen LogP contribution in [0.5, 0.6) is 0 Å². The average molecular weight is 147 g/mol. The van der Waals surface area contributed by atoms with Crippen LogP contribution < -0.4 is 5.32 Å². The predicted octanol–water partition coefficient (Wildman–Crippen LogP) is -0.271. The van der Waals surface area contributed by atoms with Crippen LogP contribution in [0, 0.1) is 0 Å². The number of hydrogen-bond donors (Lipinski definition) is 3. The second-order valence-electron chi connectivity index (χ2n) is 2.83. The summed E-state index contributed by atoms with van der Waals surface area (Å²) >= 11 is 0. The molecule has 0 rings (SSSR count). The molecule has 10 heavy (non-hydrogen) atoms. The van der Waals surface area contributed by atoms with Gasteiger partial charge in [0.15, 0.2) is 0 Å². The maximum Gasteiger partial charge on any atom is 0.0972 e. The van der Waals surface area contributed by atoms with Crippen LogP contribution in [0.25, 0.3) is 0 Å². The van der Waals surface area contributed by atoms with Gasteiger partial charge in [0.05, 0.1) is 12.2 Å². The lowest BCUT2D eigenvalue weighted by molar-refractivity contribution is 0.00295. The molecule has 0 bridgehead atoms. The molecule has 0 amide bonds. The van der Waals surface area contributed by atoms with Crippen LogP contribution >= 0.6 is 0 Å². The maximum absolute atomic E-state index is 9.24. The molecule has 0 spiro atoms. The summed E-state index contributed by atoms with van der Waals surface area (Å²) < 4.78 is 0. The first-order valence-electron chi connectivity index (χ1n) is 3.66. The Labute approximate surface area is 62.1 Å². The summed E-state index contributed by atoms with van der Waals surface area (Å²) in [5.74, 6) is 0. The van der Waals surface area contributed by atoms with E-state index < -0.39 is 5.60 Å². The first-order valence-corrected chi connectivity index (χ1v) is 3.66. The fourth-order valence-corrected chi connectivity index (χ4v) is 0.590. The number of aliphatic hydroxyl groups is 2. The topological polar surface area (TPSA) is 52.5 Å². The van der Waals surface area contributed by atoms with E-state index in [1.807, 2.05) is 0 Å². The molecule has 0 aromatic carbocycles. The highest BCUT2D eigenvalue weighted by Gasteiger charge is 2.17. The van der Waals surface area contributed by atoms with Crippen molar-refractivity contribution in [3.63, 3.8) is 0 Å². The summed E-state index contributed by atoms with van der Waals surface area (Å²) in [6, 6.07) is 0. The number of aliphatic hydroxyl groups excluding tert-OH is 1. The van der Waals surface area contributed by atoms with E-state index in [2.05, 4.69) is 12.2 Å². The first-order chi connectivity index (χ1) is 4.62. The number of rotatable bonds is 5. The molecule has 0 saturated heterocycles. The Morgan fingerprint density at radius 1 is 1.50 bits per heavy atom. The number of hydrogen-bond acceptors (Lipinski definition) is 3. The Bertz CT molecular complexity index is 83.7. The van der Waals surface area contributed by atoms with Crippen molar-refractivity contribution in [1.29, 1.82) is 0 Å². The highest BCUT2D eigenvalue weighted by atomic mass is 16.3. The molecule has 0 saturated carbocycles. The third-order valence-corrected chi connectivity index (χ3v) is 1.27. The van der Waals surface area contributed by atoms with Gasteiger partial charge in [-0.1, -0.05) is 6.92 Å². The van der Waals surface area contributed by atoms with Crippen LogP contribution in [0.15, 0.2) is 0 Å². The minimum Gasteiger partial charge on any atom is -0.393 e. The van der Waals surface area contributed by atoms with Gasteiger partial charge in [0.1, 0.15) is 0 Å². The average Bonchev–Trinajstić information content (AvgIpc) is 1.89. The van der Waals surface area contributed by atoms with Crippen molar-refractivity contribution < 1.29 is 10.2 Å². The molecular formula is C7H17NO2. The zero-order chi connectivity index (χ0) is 8.04. The van der Waals surface area contributed by atoms with Gasteiger partial charge in [0.2, 0.25) is 0 Å². The van der Waals surface area contributed by atoms with Gasteiger partial charge in [-0.25, -0.2) is 0 Å². The minimum absolute atomic E-state index is 0.191. The summed E-state index contributed by atoms with van der Waals surface area (Å²) in [6.07, 6.45) is 1.04. The third kappa shape index (κ3) is 4.73. The SMILES string of the molecule is CCCNCC(C)(O)CO. The van der Waals surface area contributed by atoms with Crippen LogP contribution in [0.4, 0.5) is 0 Å². The lowest BCUT2D eigenvalue weighted by atomic mass is 10.1. The molecule has 0 aromatic heterocycles. The zero-order valence-electron chi connectivity index (χ0n) is 6.72. The van der Waals surface area contributed by atoms with Crippen molar-refractivity contribution in [1.82, 2.24) is 5.32 Å². The van der Waals surface area contributed by atoms with Gasteiger partial charge in [0, 0.05) is 6.54 Å². The van der Waals surface area contributed by atoms with Gasteiger partial charge in [0.25, 0.3) is 0 Å². The fourth-order valence-electron chi connectivity index (χ4n) is 0.590. The van der Waals surface area contributed by atoms with E-state index in [4.69, 9.17) is 5.11 Å². The van der Waals surface area contributed by atoms with Gasteiger partial charge in [-0.3, -0.25) is 0 Å². The molecule has 3 heteroatoms. The largest absolute Gasteiger partial charge is 0.393 e. The van der Waals surface area contributed by atoms with Gasteiger partial charge in [-0.05, 0) is 19.9 Å². The smallest absolute Gasteiger partial charge is 0.0972 e. The van der Waals surface area contributed by atoms with Crippen molar-refractivity contribution >= 4 is 0 Å². The second kappa shape index (κ2) is 4.66. The molecular weight excluding hydrogens is 130 g/mol. The summed E-state index contributed by atoms with van der Waals surface area (Å²) in [6.45, 7) is 4.81. The van der Waals surface area contributed by atoms with Crippen molar-refractivity contribution in [2.75, 3.05) is 19.7 Å². The molecule has 0 aliphatic carbocycles. The predicted molar refractivity (Wildman–Crippen MR) is 40.9 cm³/mol. The maximum atomic E-state index is 9.24. The van der Waals surface area contributed by atoms with E-state index in [0.29, 0.717) is 6.54 Å². The van der Waals surface area contributed by atoms with Crippen molar-refractivity contribution in [3.8, 4) is 0 Å². The molecule has 0 radical (unpaired) electrons. The molecule has 0 aromatic rings. The highest BCUT2D eigenvalue weighted by Crippen LogP contribution is 1.97. The van der Waals surface area contributed by atoms with E-state index in [1.54, 1.807) is 6.92 Å². The lowest BCUT2D eigenvalue weighted by Gasteiger charge is -2.20. The summed E-state index contributed by atoms with van der Waals surface area (Å²) in [5, 5.41) is 20.9. The van der Waals surface area contributed by atoms with Crippen LogP contribution in [-0.4, -0.2) is 35.5 Å². The minimum atomic E-state index is -0.963. The molecule has 0 aliphatic heterocycles. The Hall–Kier alpha value is -0.120. The third-order valence-electron chi connectivity index (χ3n) is 1.27. The van der Waals surface area contributed by atoms with E-state index >= 15 is 0 Å². The van der Waals surface area contributed by atoms with Crippen LogP contribution in [0.3, 0.4) is 0 Å². The van der Waals surface area contributed by atoms with Crippen molar-refractivity contribution in [3.05, 3.63) is 0 Å². The van der Waals surface area contributed by atoms with Crippen LogP contribution in [0.2, 0.25) is 0 Å². The standard InChI is InChI=1S/C7H17NO2/c1-3-4-8-5-7(2,10)6-9/h8-10H,3-6H2,1-2H3. The normalized spacial score (nSPS) is 16.8. The quantitative estimate of drug-likeness (QED) is 0.469. The van der Waals surface area contributed by atoms with E-state index in [9.17, 15) is 5.11 Å². The Morgan fingerprint density at radius 3 is 2.50 bits per heavy atom. The van der Waals surface area contributed by atoms with Gasteiger partial charge in [-0.15, -0.1) is 0 Å². The molecule has 62 valence electrons. The zero-order valence-corrected chi connectivity index (χ0v) is 6.72. The summed E-state index contributed by atoms with van der Waals surface area (Å²) in [4.78, 5) is 0. The molecule has 1 unspecified atom stereocenters. The van der Waals surface area contributed by atoms with Gasteiger partial charge < -0.3 is 15.5 Å². The molecule has 0 fully saturated rings. The van der Waals surface area contributed by atoms with Crippen molar-refractivity contribution in [2.45, 2.75) is 25.9 Å². The monoisotopic (exact) mass is 147 g/mol. The molecule has 3 N–H and O–H groups in total. The van der Waals surface area contributed by atoms with Crippen LogP contribution in [-0.2, 0) is 0 Å². The highest BCUT2D eigenvalue weighted by molar-refractivity contribution is 4.73. The van der Waals surface area contributed by atoms with Crippen molar-refractivity contribution in [2.24, 2.45) is 0 Å². The fraction of sp³-hybridized carbons (Fsp3) is 1.00. The number of nitrogens with one attached hydrogen (secondary N) is 1. The summed E-state index contributed by atoms with van der Waals surface area (Å²) in [7, 11) is 0. The van der Waals surface area contributed by atoms with E-state index in [-0.39, 0.29) is 6.61 Å². The Morgan fingerprint density at radius 2 is 2.10 bits per heavy atom. The van der Waals surface area contributed by atoms with E-state index in [1.165, 1.54) is 0 Å². The molecule has 0 heterocycles. The molecule has 1 atom stereocenters. The van der Waals surface area contributed by atoms with Gasteiger partial charge >= 0.3 is 0 Å². The Balaban J connectivity index is 3.28. The molecule has 0 aliphatic rings. The van der Waals surface area contributed by atoms with E-state index in [0.717, 1.165) is 13.0 Å². The van der Waals surface area contributed by atoms with Crippen LogP contribution in [0.1, 0.15) is 20.3 Å². The van der Waals surface area contributed by atoms with Gasteiger partial charge in [-0.2, -0.15) is 0 Å². The molecule has 3 nitrogen and oxygen atoms in total.